The fourth-order valence-corrected chi connectivity index (χ4v) is 2.69. The number of aryl methyl sites for hydroxylation is 4. The zero-order chi connectivity index (χ0) is 17.8. The molecule has 0 saturated heterocycles. The molecule has 0 radical (unpaired) electrons. The summed E-state index contributed by atoms with van der Waals surface area (Å²) in [6, 6.07) is 16.4. The Morgan fingerprint density at radius 3 is 2.16 bits per heavy atom. The fraction of sp³-hybridized carbons (Fsp3) is 0.238. The standard InChI is InChI=1S/C21H23N3O/c1-14-5-7-18(8-6-14)13-25-20-12-17(4)22-21(24-20)23-19-10-15(2)9-16(3)11-19/h5-12H,13H2,1-4H3,(H,22,23,24). The van der Waals surface area contributed by atoms with Gasteiger partial charge in [-0.2, -0.15) is 4.98 Å². The van der Waals surface area contributed by atoms with E-state index >= 15 is 0 Å². The lowest BCUT2D eigenvalue weighted by Gasteiger charge is -2.11. The summed E-state index contributed by atoms with van der Waals surface area (Å²) in [7, 11) is 0. The third-order valence-corrected chi connectivity index (χ3v) is 3.82. The normalized spacial score (nSPS) is 10.6. The van der Waals surface area contributed by atoms with Crippen LogP contribution in [0.15, 0.2) is 48.5 Å². The Labute approximate surface area is 148 Å². The summed E-state index contributed by atoms with van der Waals surface area (Å²) in [6.45, 7) is 8.65. The smallest absolute Gasteiger partial charge is 0.230 e. The highest BCUT2D eigenvalue weighted by Gasteiger charge is 2.05. The van der Waals surface area contributed by atoms with Crippen LogP contribution in [0.1, 0.15) is 27.9 Å². The maximum Gasteiger partial charge on any atom is 0.230 e. The lowest BCUT2D eigenvalue weighted by atomic mass is 10.1. The van der Waals surface area contributed by atoms with Gasteiger partial charge in [0.2, 0.25) is 11.8 Å². The van der Waals surface area contributed by atoms with Crippen molar-refractivity contribution in [2.75, 3.05) is 5.32 Å². The van der Waals surface area contributed by atoms with Crippen LogP contribution < -0.4 is 10.1 Å². The van der Waals surface area contributed by atoms with Gasteiger partial charge in [0.05, 0.1) is 0 Å². The third kappa shape index (κ3) is 4.80. The van der Waals surface area contributed by atoms with Gasteiger partial charge in [-0.15, -0.1) is 0 Å². The SMILES string of the molecule is Cc1ccc(COc2cc(C)nc(Nc3cc(C)cc(C)c3)n2)cc1. The lowest BCUT2D eigenvalue weighted by molar-refractivity contribution is 0.293. The number of rotatable bonds is 5. The molecular formula is C21H23N3O. The minimum absolute atomic E-state index is 0.486. The maximum absolute atomic E-state index is 5.85. The Bertz CT molecular complexity index is 853. The second kappa shape index (κ2) is 7.34. The fourth-order valence-electron chi connectivity index (χ4n) is 2.69. The molecule has 1 aromatic heterocycles. The van der Waals surface area contributed by atoms with Crippen LogP contribution >= 0.6 is 0 Å². The molecule has 4 heteroatoms. The number of hydrogen-bond donors (Lipinski definition) is 1. The van der Waals surface area contributed by atoms with E-state index in [0.29, 0.717) is 18.4 Å². The third-order valence-electron chi connectivity index (χ3n) is 3.82. The van der Waals surface area contributed by atoms with Gasteiger partial charge in [0.1, 0.15) is 6.61 Å². The molecule has 4 nitrogen and oxygen atoms in total. The van der Waals surface area contributed by atoms with E-state index < -0.39 is 0 Å². The molecule has 25 heavy (non-hydrogen) atoms. The van der Waals surface area contributed by atoms with Crippen molar-refractivity contribution in [2.24, 2.45) is 0 Å². The predicted molar refractivity (Wildman–Crippen MR) is 101 cm³/mol. The van der Waals surface area contributed by atoms with E-state index in [2.05, 4.69) is 78.5 Å². The van der Waals surface area contributed by atoms with Gasteiger partial charge in [0.15, 0.2) is 0 Å². The van der Waals surface area contributed by atoms with Crippen LogP contribution in [0.5, 0.6) is 5.88 Å². The van der Waals surface area contributed by atoms with E-state index in [9.17, 15) is 0 Å². The molecule has 1 heterocycles. The molecule has 0 bridgehead atoms. The lowest BCUT2D eigenvalue weighted by Crippen LogP contribution is -2.03. The zero-order valence-corrected chi connectivity index (χ0v) is 15.1. The van der Waals surface area contributed by atoms with Crippen molar-refractivity contribution >= 4 is 11.6 Å². The molecule has 0 aliphatic heterocycles. The first-order valence-electron chi connectivity index (χ1n) is 8.37. The van der Waals surface area contributed by atoms with Gasteiger partial charge in [0.25, 0.3) is 0 Å². The van der Waals surface area contributed by atoms with E-state index in [4.69, 9.17) is 4.74 Å². The monoisotopic (exact) mass is 333 g/mol. The molecule has 1 N–H and O–H groups in total. The van der Waals surface area contributed by atoms with Gasteiger partial charge in [0, 0.05) is 17.4 Å². The van der Waals surface area contributed by atoms with Crippen LogP contribution in [0.3, 0.4) is 0 Å². The van der Waals surface area contributed by atoms with Gasteiger partial charge >= 0.3 is 0 Å². The highest BCUT2D eigenvalue weighted by molar-refractivity contribution is 5.56. The Kier molecular flexibility index (Phi) is 4.98. The molecular weight excluding hydrogens is 310 g/mol. The molecule has 0 aliphatic rings. The molecule has 0 amide bonds. The van der Waals surface area contributed by atoms with E-state index in [-0.39, 0.29) is 0 Å². The van der Waals surface area contributed by atoms with Crippen molar-refractivity contribution in [1.82, 2.24) is 9.97 Å². The Hall–Kier alpha value is -2.88. The number of benzene rings is 2. The molecule has 0 atom stereocenters. The average molecular weight is 333 g/mol. The van der Waals surface area contributed by atoms with E-state index in [1.807, 2.05) is 13.0 Å². The molecule has 0 unspecified atom stereocenters. The number of aromatic nitrogens is 2. The maximum atomic E-state index is 5.85. The number of ether oxygens (including phenoxy) is 1. The van der Waals surface area contributed by atoms with Gasteiger partial charge in [-0.1, -0.05) is 35.9 Å². The second-order valence-electron chi connectivity index (χ2n) is 6.45. The zero-order valence-electron chi connectivity index (χ0n) is 15.1. The van der Waals surface area contributed by atoms with Crippen LogP contribution in [-0.2, 0) is 6.61 Å². The first-order valence-corrected chi connectivity index (χ1v) is 8.37. The Morgan fingerprint density at radius 2 is 1.48 bits per heavy atom. The van der Waals surface area contributed by atoms with Crippen LogP contribution in [-0.4, -0.2) is 9.97 Å². The number of nitrogens with one attached hydrogen (secondary N) is 1. The Morgan fingerprint density at radius 1 is 0.800 bits per heavy atom. The van der Waals surface area contributed by atoms with Gasteiger partial charge in [-0.3, -0.25) is 0 Å². The van der Waals surface area contributed by atoms with Crippen LogP contribution in [0, 0.1) is 27.7 Å². The van der Waals surface area contributed by atoms with Crippen molar-refractivity contribution in [3.05, 3.63) is 76.5 Å². The van der Waals surface area contributed by atoms with Crippen LogP contribution in [0.25, 0.3) is 0 Å². The average Bonchev–Trinajstić information content (AvgIpc) is 2.53. The van der Waals surface area contributed by atoms with Gasteiger partial charge in [-0.05, 0) is 56.5 Å². The summed E-state index contributed by atoms with van der Waals surface area (Å²) >= 11 is 0. The topological polar surface area (TPSA) is 47.0 Å². The summed E-state index contributed by atoms with van der Waals surface area (Å²) in [4.78, 5) is 8.93. The second-order valence-corrected chi connectivity index (χ2v) is 6.45. The molecule has 128 valence electrons. The molecule has 0 aliphatic carbocycles. The number of anilines is 2. The first-order chi connectivity index (χ1) is 12.0. The van der Waals surface area contributed by atoms with Crippen molar-refractivity contribution in [2.45, 2.75) is 34.3 Å². The largest absolute Gasteiger partial charge is 0.473 e. The van der Waals surface area contributed by atoms with Crippen molar-refractivity contribution in [3.8, 4) is 5.88 Å². The van der Waals surface area contributed by atoms with Crippen LogP contribution in [0.2, 0.25) is 0 Å². The summed E-state index contributed by atoms with van der Waals surface area (Å²) in [5.41, 5.74) is 6.60. The van der Waals surface area contributed by atoms with Crippen LogP contribution in [0.4, 0.5) is 11.6 Å². The van der Waals surface area contributed by atoms with Gasteiger partial charge in [-0.25, -0.2) is 4.98 Å². The number of nitrogens with zero attached hydrogens (tertiary/aromatic N) is 2. The molecule has 0 fully saturated rings. The quantitative estimate of drug-likeness (QED) is 0.711. The van der Waals surface area contributed by atoms with Crippen molar-refractivity contribution in [3.63, 3.8) is 0 Å². The number of hydrogen-bond acceptors (Lipinski definition) is 4. The van der Waals surface area contributed by atoms with E-state index in [0.717, 1.165) is 16.9 Å². The Balaban J connectivity index is 1.74. The van der Waals surface area contributed by atoms with E-state index in [1.54, 1.807) is 0 Å². The van der Waals surface area contributed by atoms with Crippen molar-refractivity contribution < 1.29 is 4.74 Å². The molecule has 3 aromatic rings. The van der Waals surface area contributed by atoms with E-state index in [1.165, 1.54) is 16.7 Å². The minimum Gasteiger partial charge on any atom is -0.473 e. The first kappa shape index (κ1) is 17.0. The summed E-state index contributed by atoms with van der Waals surface area (Å²) in [5.74, 6) is 1.11. The summed E-state index contributed by atoms with van der Waals surface area (Å²) in [5, 5.41) is 3.27. The molecule has 0 saturated carbocycles. The molecule has 3 rings (SSSR count). The highest BCUT2D eigenvalue weighted by Crippen LogP contribution is 2.20. The highest BCUT2D eigenvalue weighted by atomic mass is 16.5. The summed E-state index contributed by atoms with van der Waals surface area (Å²) in [6.07, 6.45) is 0. The van der Waals surface area contributed by atoms with Crippen molar-refractivity contribution in [1.29, 1.82) is 0 Å². The molecule has 0 spiro atoms. The predicted octanol–water partition coefficient (Wildman–Crippen LogP) is 5.03. The summed E-state index contributed by atoms with van der Waals surface area (Å²) < 4.78 is 5.85. The minimum atomic E-state index is 0.486. The molecule has 2 aromatic carbocycles. The van der Waals surface area contributed by atoms with Gasteiger partial charge < -0.3 is 10.1 Å².